The molecule has 0 fully saturated rings. The molecule has 0 spiro atoms. The van der Waals surface area contributed by atoms with Crippen molar-refractivity contribution in [2.75, 3.05) is 6.54 Å². The van der Waals surface area contributed by atoms with E-state index in [0.717, 1.165) is 37.1 Å². The summed E-state index contributed by atoms with van der Waals surface area (Å²) in [6.07, 6.45) is 13.8. The Morgan fingerprint density at radius 1 is 1.00 bits per heavy atom. The number of allylic oxidation sites excluding steroid dienone is 3. The van der Waals surface area contributed by atoms with E-state index in [1.807, 2.05) is 36.4 Å². The van der Waals surface area contributed by atoms with Crippen LogP contribution in [0.3, 0.4) is 0 Å². The Morgan fingerprint density at radius 3 is 2.45 bits per heavy atom. The Hall–Kier alpha value is -3.50. The summed E-state index contributed by atoms with van der Waals surface area (Å²) in [6, 6.07) is 20.9. The Balaban J connectivity index is 1.57. The van der Waals surface area contributed by atoms with E-state index in [2.05, 4.69) is 95.7 Å². The van der Waals surface area contributed by atoms with Crippen molar-refractivity contribution in [1.29, 1.82) is 0 Å². The van der Waals surface area contributed by atoms with Crippen LogP contribution in [0, 0.1) is 23.7 Å². The monoisotopic (exact) mass is 433 g/mol. The Morgan fingerprint density at radius 2 is 1.76 bits per heavy atom. The second kappa shape index (κ2) is 10.4. The van der Waals surface area contributed by atoms with Crippen molar-refractivity contribution in [3.63, 3.8) is 0 Å². The van der Waals surface area contributed by atoms with Gasteiger partial charge in [-0.3, -0.25) is 5.01 Å². The Kier molecular flexibility index (Phi) is 7.16. The fourth-order valence-electron chi connectivity index (χ4n) is 4.05. The van der Waals surface area contributed by atoms with Gasteiger partial charge in [0.25, 0.3) is 0 Å². The number of benzene rings is 2. The van der Waals surface area contributed by atoms with E-state index in [0.29, 0.717) is 6.42 Å². The number of unbranched alkanes of at least 4 members (excludes halogenated alkanes) is 1. The van der Waals surface area contributed by atoms with Gasteiger partial charge in [0.2, 0.25) is 0 Å². The number of hydrogen-bond donors (Lipinski definition) is 2. The molecule has 3 nitrogen and oxygen atoms in total. The molecule has 3 heteroatoms. The number of hydrogen-bond acceptors (Lipinski definition) is 3. The molecule has 33 heavy (non-hydrogen) atoms. The van der Waals surface area contributed by atoms with Gasteiger partial charge in [0.05, 0.1) is 5.54 Å². The number of hydrazine groups is 1. The molecule has 4 rings (SSSR count). The average molecular weight is 434 g/mol. The first kappa shape index (κ1) is 22.7. The van der Waals surface area contributed by atoms with Crippen molar-refractivity contribution in [2.24, 2.45) is 5.73 Å². The van der Waals surface area contributed by atoms with Crippen LogP contribution >= 0.6 is 0 Å². The van der Waals surface area contributed by atoms with E-state index >= 15 is 0 Å². The summed E-state index contributed by atoms with van der Waals surface area (Å²) in [7, 11) is 0. The lowest BCUT2D eigenvalue weighted by molar-refractivity contribution is 0.249. The third-order valence-electron chi connectivity index (χ3n) is 5.92. The normalized spacial score (nSPS) is 23.3. The van der Waals surface area contributed by atoms with E-state index in [9.17, 15) is 0 Å². The minimum absolute atomic E-state index is 0.658. The maximum Gasteiger partial charge on any atom is 0.144 e. The minimum Gasteiger partial charge on any atom is -0.312 e. The van der Waals surface area contributed by atoms with Crippen molar-refractivity contribution in [2.45, 2.75) is 43.7 Å². The lowest BCUT2D eigenvalue weighted by atomic mass is 9.87. The maximum absolute atomic E-state index is 6.54. The van der Waals surface area contributed by atoms with Gasteiger partial charge in [-0.25, -0.2) is 5.43 Å². The van der Waals surface area contributed by atoms with Gasteiger partial charge < -0.3 is 5.73 Å². The number of nitrogens with one attached hydrogen (secondary N) is 1. The van der Waals surface area contributed by atoms with Gasteiger partial charge in [0.1, 0.15) is 11.2 Å². The standard InChI is InChI=1S/C30H31N3/c1-2-33-28(20-12-4-9-17-26-15-7-3-8-16-26)25-30(32-33,27-18-10-5-11-19-27)24-23-29(31)21-13-6-14-22-29/h3,5-8,10-11,13-16,18-19,21,25,32H,2,4,9,17,22,31H2,1H3. The summed E-state index contributed by atoms with van der Waals surface area (Å²) in [6.45, 7) is 2.91. The highest BCUT2D eigenvalue weighted by atomic mass is 15.5. The fraction of sp³-hybridized carbons (Fsp3) is 0.267. The van der Waals surface area contributed by atoms with Gasteiger partial charge in [-0.2, -0.15) is 0 Å². The third-order valence-corrected chi connectivity index (χ3v) is 5.92. The molecule has 2 aromatic rings. The fourth-order valence-corrected chi connectivity index (χ4v) is 4.05. The molecule has 0 aromatic heterocycles. The smallest absolute Gasteiger partial charge is 0.144 e. The van der Waals surface area contributed by atoms with Crippen molar-refractivity contribution in [1.82, 2.24) is 10.4 Å². The predicted octanol–water partition coefficient (Wildman–Crippen LogP) is 4.85. The highest BCUT2D eigenvalue weighted by molar-refractivity contribution is 5.49. The lowest BCUT2D eigenvalue weighted by Crippen LogP contribution is -2.45. The van der Waals surface area contributed by atoms with Crippen molar-refractivity contribution in [3.05, 3.63) is 108 Å². The molecule has 3 N–H and O–H groups in total. The van der Waals surface area contributed by atoms with E-state index in [1.54, 1.807) is 0 Å². The zero-order chi connectivity index (χ0) is 23.0. The van der Waals surface area contributed by atoms with Crippen LogP contribution in [-0.2, 0) is 12.0 Å². The predicted molar refractivity (Wildman–Crippen MR) is 136 cm³/mol. The highest BCUT2D eigenvalue weighted by Crippen LogP contribution is 2.31. The quantitative estimate of drug-likeness (QED) is 0.523. The number of aryl methyl sites for hydroxylation is 1. The van der Waals surface area contributed by atoms with Gasteiger partial charge in [0.15, 0.2) is 0 Å². The Labute approximate surface area is 198 Å². The lowest BCUT2D eigenvalue weighted by Gasteiger charge is -2.28. The van der Waals surface area contributed by atoms with Crippen LogP contribution in [0.2, 0.25) is 0 Å². The van der Waals surface area contributed by atoms with Crippen LogP contribution < -0.4 is 11.2 Å². The molecule has 0 amide bonds. The largest absolute Gasteiger partial charge is 0.312 e. The molecular formula is C30H31N3. The second-order valence-corrected chi connectivity index (χ2v) is 8.48. The van der Waals surface area contributed by atoms with Crippen LogP contribution in [0.5, 0.6) is 0 Å². The molecule has 1 heterocycles. The Bertz CT molecular complexity index is 1160. The van der Waals surface area contributed by atoms with Gasteiger partial charge in [-0.05, 0) is 49.3 Å². The number of nitrogens with two attached hydrogens (primary N) is 1. The first-order chi connectivity index (χ1) is 16.1. The molecule has 2 atom stereocenters. The van der Waals surface area contributed by atoms with E-state index < -0.39 is 11.1 Å². The molecule has 1 aliphatic heterocycles. The van der Waals surface area contributed by atoms with Crippen LogP contribution in [0.15, 0.2) is 96.7 Å². The van der Waals surface area contributed by atoms with Crippen molar-refractivity contribution >= 4 is 0 Å². The van der Waals surface area contributed by atoms with Gasteiger partial charge in [-0.15, -0.1) is 0 Å². The van der Waals surface area contributed by atoms with Gasteiger partial charge in [0, 0.05) is 13.0 Å². The van der Waals surface area contributed by atoms with Gasteiger partial charge >= 0.3 is 0 Å². The number of rotatable bonds is 5. The SMILES string of the molecule is CCN1NC(C#CC2(N)C=CC=CC2)(c2ccccc2)C=C1C#CCCCc1ccccc1. The van der Waals surface area contributed by atoms with Crippen molar-refractivity contribution < 1.29 is 0 Å². The molecule has 0 bridgehead atoms. The maximum atomic E-state index is 6.54. The topological polar surface area (TPSA) is 41.3 Å². The van der Waals surface area contributed by atoms with E-state index in [1.165, 1.54) is 5.56 Å². The molecule has 0 radical (unpaired) electrons. The summed E-state index contributed by atoms with van der Waals surface area (Å²) < 4.78 is 0. The van der Waals surface area contributed by atoms with Crippen molar-refractivity contribution in [3.8, 4) is 23.7 Å². The molecule has 2 unspecified atom stereocenters. The van der Waals surface area contributed by atoms with E-state index in [-0.39, 0.29) is 0 Å². The molecule has 1 aliphatic carbocycles. The van der Waals surface area contributed by atoms with Gasteiger partial charge in [-0.1, -0.05) is 103 Å². The summed E-state index contributed by atoms with van der Waals surface area (Å²) in [5.41, 5.74) is 12.2. The molecule has 166 valence electrons. The zero-order valence-electron chi connectivity index (χ0n) is 19.2. The summed E-state index contributed by atoms with van der Waals surface area (Å²) in [5, 5.41) is 2.09. The third kappa shape index (κ3) is 5.65. The van der Waals surface area contributed by atoms with Crippen LogP contribution in [0.25, 0.3) is 0 Å². The van der Waals surface area contributed by atoms with Crippen LogP contribution in [-0.4, -0.2) is 17.1 Å². The second-order valence-electron chi connectivity index (χ2n) is 8.48. The summed E-state index contributed by atoms with van der Waals surface area (Å²) >= 11 is 0. The average Bonchev–Trinajstić information content (AvgIpc) is 3.23. The van der Waals surface area contributed by atoms with Crippen LogP contribution in [0.1, 0.15) is 37.3 Å². The summed E-state index contributed by atoms with van der Waals surface area (Å²) in [5.74, 6) is 13.6. The summed E-state index contributed by atoms with van der Waals surface area (Å²) in [4.78, 5) is 0. The molecule has 0 saturated heterocycles. The zero-order valence-corrected chi connectivity index (χ0v) is 19.2. The molecular weight excluding hydrogens is 402 g/mol. The number of nitrogens with zero attached hydrogens (tertiary/aromatic N) is 1. The highest BCUT2D eigenvalue weighted by Gasteiger charge is 2.37. The molecule has 0 saturated carbocycles. The first-order valence-corrected chi connectivity index (χ1v) is 11.7. The molecule has 2 aliphatic rings. The molecule has 2 aromatic carbocycles. The minimum atomic E-state index is -0.660. The van der Waals surface area contributed by atoms with E-state index in [4.69, 9.17) is 5.73 Å². The first-order valence-electron chi connectivity index (χ1n) is 11.7. The van der Waals surface area contributed by atoms with Crippen LogP contribution in [0.4, 0.5) is 0 Å².